The summed E-state index contributed by atoms with van der Waals surface area (Å²) in [5.41, 5.74) is 10.4. The molecule has 0 saturated heterocycles. The Hall–Kier alpha value is -0.730. The topological polar surface area (TPSA) is 35.2 Å². The first-order valence-corrected chi connectivity index (χ1v) is 5.94. The number of ether oxygens (including phenoxy) is 1. The van der Waals surface area contributed by atoms with E-state index >= 15 is 0 Å². The number of nitrogens with two attached hydrogens (primary N) is 1. The maximum atomic E-state index is 6.30. The summed E-state index contributed by atoms with van der Waals surface area (Å²) in [6, 6.07) is 0. The van der Waals surface area contributed by atoms with Crippen LogP contribution in [-0.2, 0) is 6.42 Å². The van der Waals surface area contributed by atoms with E-state index in [1.165, 1.54) is 11.1 Å². The monoisotopic (exact) mass is 241 g/mol. The molecule has 0 aliphatic heterocycles. The van der Waals surface area contributed by atoms with Crippen LogP contribution < -0.4 is 10.5 Å². The highest BCUT2D eigenvalue weighted by Crippen LogP contribution is 2.37. The van der Waals surface area contributed by atoms with E-state index in [2.05, 4.69) is 6.92 Å². The lowest BCUT2D eigenvalue weighted by atomic mass is 9.94. The highest BCUT2D eigenvalue weighted by molar-refractivity contribution is 6.33. The van der Waals surface area contributed by atoms with Crippen molar-refractivity contribution < 1.29 is 4.74 Å². The molecule has 0 unspecified atom stereocenters. The van der Waals surface area contributed by atoms with Gasteiger partial charge in [0.05, 0.1) is 12.1 Å². The minimum Gasteiger partial charge on any atom is -0.495 e. The average molecular weight is 242 g/mol. The average Bonchev–Trinajstić information content (AvgIpc) is 2.27. The Bertz CT molecular complexity index is 359. The van der Waals surface area contributed by atoms with Crippen LogP contribution in [0.25, 0.3) is 0 Å². The molecular weight excluding hydrogens is 222 g/mol. The molecule has 0 amide bonds. The van der Waals surface area contributed by atoms with Gasteiger partial charge in [-0.1, -0.05) is 11.6 Å². The fraction of sp³-hybridized carbons (Fsp3) is 0.538. The van der Waals surface area contributed by atoms with Crippen LogP contribution in [0.3, 0.4) is 0 Å². The van der Waals surface area contributed by atoms with Crippen LogP contribution in [0, 0.1) is 20.8 Å². The molecule has 0 heterocycles. The minimum absolute atomic E-state index is 0.710. The van der Waals surface area contributed by atoms with Gasteiger partial charge in [-0.2, -0.15) is 0 Å². The number of hydrogen-bond donors (Lipinski definition) is 1. The summed E-state index contributed by atoms with van der Waals surface area (Å²) in [7, 11) is 1.66. The Morgan fingerprint density at radius 3 is 2.25 bits per heavy atom. The van der Waals surface area contributed by atoms with E-state index in [4.69, 9.17) is 22.1 Å². The summed E-state index contributed by atoms with van der Waals surface area (Å²) in [4.78, 5) is 0. The summed E-state index contributed by atoms with van der Waals surface area (Å²) in [6.45, 7) is 6.92. The molecule has 0 aliphatic rings. The Morgan fingerprint density at radius 2 is 1.75 bits per heavy atom. The Morgan fingerprint density at radius 1 is 1.12 bits per heavy atom. The normalized spacial score (nSPS) is 10.6. The molecule has 2 nitrogen and oxygen atoms in total. The van der Waals surface area contributed by atoms with Gasteiger partial charge in [-0.25, -0.2) is 0 Å². The van der Waals surface area contributed by atoms with Gasteiger partial charge < -0.3 is 10.5 Å². The lowest BCUT2D eigenvalue weighted by Gasteiger charge is -2.18. The van der Waals surface area contributed by atoms with Crippen molar-refractivity contribution in [3.05, 3.63) is 27.3 Å². The van der Waals surface area contributed by atoms with Gasteiger partial charge in [0.15, 0.2) is 0 Å². The third kappa shape index (κ3) is 2.33. The molecule has 0 bridgehead atoms. The quantitative estimate of drug-likeness (QED) is 0.879. The molecule has 1 aromatic rings. The first kappa shape index (κ1) is 13.3. The van der Waals surface area contributed by atoms with Gasteiger partial charge in [0, 0.05) is 0 Å². The second-order valence-electron chi connectivity index (χ2n) is 4.09. The van der Waals surface area contributed by atoms with Crippen molar-refractivity contribution in [2.24, 2.45) is 5.73 Å². The first-order valence-electron chi connectivity index (χ1n) is 5.56. The second-order valence-corrected chi connectivity index (χ2v) is 4.47. The molecule has 0 atom stereocenters. The molecule has 3 heteroatoms. The molecular formula is C13H20ClNO. The molecule has 0 fully saturated rings. The number of benzene rings is 1. The smallest absolute Gasteiger partial charge is 0.140 e. The minimum atomic E-state index is 0.710. The van der Waals surface area contributed by atoms with Crippen LogP contribution in [0.15, 0.2) is 0 Å². The van der Waals surface area contributed by atoms with E-state index in [0.29, 0.717) is 6.54 Å². The summed E-state index contributed by atoms with van der Waals surface area (Å²) in [6.07, 6.45) is 1.97. The van der Waals surface area contributed by atoms with Gasteiger partial charge in [-0.05, 0) is 62.4 Å². The van der Waals surface area contributed by atoms with Crippen LogP contribution in [-0.4, -0.2) is 13.7 Å². The van der Waals surface area contributed by atoms with Crippen LogP contribution in [0.2, 0.25) is 5.02 Å². The first-order chi connectivity index (χ1) is 7.54. The molecule has 1 rings (SSSR count). The zero-order valence-corrected chi connectivity index (χ0v) is 11.2. The summed E-state index contributed by atoms with van der Waals surface area (Å²) >= 11 is 6.30. The molecule has 16 heavy (non-hydrogen) atoms. The molecule has 90 valence electrons. The lowest BCUT2D eigenvalue weighted by molar-refractivity contribution is 0.411. The number of methoxy groups -OCH3 is 1. The Labute approximate surface area is 103 Å². The third-order valence-electron chi connectivity index (χ3n) is 3.17. The Balaban J connectivity index is 3.29. The van der Waals surface area contributed by atoms with Crippen molar-refractivity contribution in [1.29, 1.82) is 0 Å². The Kier molecular flexibility index (Phi) is 4.63. The predicted octanol–water partition coefficient (Wildman–Crippen LogP) is 3.17. The largest absolute Gasteiger partial charge is 0.495 e. The maximum Gasteiger partial charge on any atom is 0.140 e. The summed E-state index contributed by atoms with van der Waals surface area (Å²) < 4.78 is 5.34. The van der Waals surface area contributed by atoms with Gasteiger partial charge in [0.25, 0.3) is 0 Å². The molecule has 0 saturated carbocycles. The van der Waals surface area contributed by atoms with Crippen LogP contribution in [0.4, 0.5) is 0 Å². The van der Waals surface area contributed by atoms with Crippen molar-refractivity contribution >= 4 is 11.6 Å². The van der Waals surface area contributed by atoms with Gasteiger partial charge in [0.1, 0.15) is 5.75 Å². The van der Waals surface area contributed by atoms with Crippen molar-refractivity contribution in [3.8, 4) is 5.75 Å². The molecule has 2 N–H and O–H groups in total. The summed E-state index contributed by atoms with van der Waals surface area (Å²) in [5.74, 6) is 0.799. The van der Waals surface area contributed by atoms with Gasteiger partial charge >= 0.3 is 0 Å². The van der Waals surface area contributed by atoms with Crippen molar-refractivity contribution in [3.63, 3.8) is 0 Å². The van der Waals surface area contributed by atoms with E-state index < -0.39 is 0 Å². The molecule has 0 aromatic heterocycles. The second kappa shape index (κ2) is 5.55. The van der Waals surface area contributed by atoms with E-state index in [9.17, 15) is 0 Å². The highest BCUT2D eigenvalue weighted by Gasteiger charge is 2.15. The summed E-state index contributed by atoms with van der Waals surface area (Å²) in [5, 5.41) is 0.734. The molecule has 1 aromatic carbocycles. The SMILES string of the molecule is COc1c(C)c(C)c(CCCN)c(C)c1Cl. The maximum absolute atomic E-state index is 6.30. The van der Waals surface area contributed by atoms with E-state index in [-0.39, 0.29) is 0 Å². The number of rotatable bonds is 4. The van der Waals surface area contributed by atoms with Gasteiger partial charge in [0.2, 0.25) is 0 Å². The fourth-order valence-corrected chi connectivity index (χ4v) is 2.37. The van der Waals surface area contributed by atoms with Crippen molar-refractivity contribution in [2.75, 3.05) is 13.7 Å². The number of halogens is 1. The number of hydrogen-bond acceptors (Lipinski definition) is 2. The van der Waals surface area contributed by atoms with Crippen molar-refractivity contribution in [1.82, 2.24) is 0 Å². The van der Waals surface area contributed by atoms with E-state index in [1.54, 1.807) is 7.11 Å². The predicted molar refractivity (Wildman–Crippen MR) is 69.6 cm³/mol. The molecule has 0 spiro atoms. The van der Waals surface area contributed by atoms with Crippen LogP contribution in [0.1, 0.15) is 28.7 Å². The molecule has 0 aliphatic carbocycles. The highest BCUT2D eigenvalue weighted by atomic mass is 35.5. The van der Waals surface area contributed by atoms with E-state index in [1.807, 2.05) is 13.8 Å². The zero-order chi connectivity index (χ0) is 12.3. The lowest BCUT2D eigenvalue weighted by Crippen LogP contribution is -2.05. The van der Waals surface area contributed by atoms with Crippen molar-refractivity contribution in [2.45, 2.75) is 33.6 Å². The van der Waals surface area contributed by atoms with E-state index in [0.717, 1.165) is 34.7 Å². The third-order valence-corrected chi connectivity index (χ3v) is 3.63. The van der Waals surface area contributed by atoms with Crippen LogP contribution in [0.5, 0.6) is 5.75 Å². The molecule has 0 radical (unpaired) electrons. The standard InChI is InChI=1S/C13H20ClNO/c1-8-9(2)13(16-4)12(14)10(3)11(8)6-5-7-15/h5-7,15H2,1-4H3. The van der Waals surface area contributed by atoms with Crippen LogP contribution >= 0.6 is 11.6 Å². The zero-order valence-electron chi connectivity index (χ0n) is 10.5. The fourth-order valence-electron chi connectivity index (χ4n) is 2.04. The van der Waals surface area contributed by atoms with Gasteiger partial charge in [-0.15, -0.1) is 0 Å². The van der Waals surface area contributed by atoms with Gasteiger partial charge in [-0.3, -0.25) is 0 Å².